The van der Waals surface area contributed by atoms with Crippen molar-refractivity contribution in [3.63, 3.8) is 0 Å². The Hall–Kier alpha value is -2.60. The largest absolute Gasteiger partial charge is 0.0887 e. The molecule has 0 radical (unpaired) electrons. The number of allylic oxidation sites excluding steroid dienone is 20. The summed E-state index contributed by atoms with van der Waals surface area (Å²) in [4.78, 5) is 0. The molecule has 50 heavy (non-hydrogen) atoms. The van der Waals surface area contributed by atoms with Crippen LogP contribution in [0.25, 0.3) is 0 Å². The fourth-order valence-corrected chi connectivity index (χ4v) is 5.92. The Bertz CT molecular complexity index is 1230. The highest BCUT2D eigenvalue weighted by molar-refractivity contribution is 5.11. The van der Waals surface area contributed by atoms with Crippen molar-refractivity contribution in [2.45, 2.75) is 199 Å². The second-order valence-corrected chi connectivity index (χ2v) is 15.7. The zero-order valence-electron chi connectivity index (χ0n) is 35.5. The third kappa shape index (κ3) is 31.4. The minimum absolute atomic E-state index is 1.16. The highest BCUT2D eigenvalue weighted by Gasteiger charge is 1.97. The van der Waals surface area contributed by atoms with Crippen molar-refractivity contribution in [1.29, 1.82) is 0 Å². The van der Waals surface area contributed by atoms with Gasteiger partial charge in [0.15, 0.2) is 0 Å². The van der Waals surface area contributed by atoms with E-state index in [1.807, 2.05) is 0 Å². The first-order valence-corrected chi connectivity index (χ1v) is 20.3. The zero-order chi connectivity index (χ0) is 37.6. The van der Waals surface area contributed by atoms with Crippen LogP contribution in [0.1, 0.15) is 199 Å². The van der Waals surface area contributed by atoms with E-state index in [4.69, 9.17) is 0 Å². The molecule has 0 atom stereocenters. The van der Waals surface area contributed by atoms with E-state index < -0.39 is 0 Å². The second kappa shape index (κ2) is 31.2. The Labute approximate surface area is 314 Å². The van der Waals surface area contributed by atoms with Gasteiger partial charge in [-0.3, -0.25) is 0 Å². The lowest BCUT2D eigenvalue weighted by Gasteiger charge is -2.04. The van der Waals surface area contributed by atoms with Gasteiger partial charge in [0.05, 0.1) is 0 Å². The SMILES string of the molecule is C/C=C(\C)CC/C=C(\C)CC/C=C(\C)CC/C=C(\C)CC/C=C(\C)CC/C=C(\C)CC/C=C(\C)CC/C=C(\C)CC/C=C(\C)CCC=C(C)C. The molecule has 0 fully saturated rings. The van der Waals surface area contributed by atoms with Crippen LogP contribution < -0.4 is 0 Å². The molecular weight excluding hydrogens is 601 g/mol. The predicted octanol–water partition coefficient (Wildman–Crippen LogP) is 17.5. The Balaban J connectivity index is 4.23. The van der Waals surface area contributed by atoms with Crippen LogP contribution in [0.3, 0.4) is 0 Å². The first kappa shape index (κ1) is 47.4. The molecule has 0 aliphatic carbocycles. The monoisotopic (exact) mass is 683 g/mol. The Kier molecular flexibility index (Phi) is 29.5. The molecule has 0 aromatic rings. The third-order valence-corrected chi connectivity index (χ3v) is 9.84. The fraction of sp³-hybridized carbons (Fsp3) is 0.600. The normalized spacial score (nSPS) is 14.9. The van der Waals surface area contributed by atoms with Crippen molar-refractivity contribution >= 4 is 0 Å². The molecule has 0 aliphatic rings. The molecule has 0 amide bonds. The van der Waals surface area contributed by atoms with Gasteiger partial charge in [-0.05, 0) is 199 Å². The molecule has 282 valence electrons. The highest BCUT2D eigenvalue weighted by atomic mass is 14.0. The molecule has 0 aromatic heterocycles. The maximum Gasteiger partial charge on any atom is -0.0288 e. The summed E-state index contributed by atoms with van der Waals surface area (Å²) in [6.07, 6.45) is 45.4. The Morgan fingerprint density at radius 2 is 0.400 bits per heavy atom. The van der Waals surface area contributed by atoms with Crippen molar-refractivity contribution in [3.8, 4) is 0 Å². The third-order valence-electron chi connectivity index (χ3n) is 9.84. The summed E-state index contributed by atoms with van der Waals surface area (Å²) in [7, 11) is 0. The van der Waals surface area contributed by atoms with E-state index in [1.54, 1.807) is 0 Å². The summed E-state index contributed by atoms with van der Waals surface area (Å²) in [5.41, 5.74) is 15.2. The number of rotatable bonds is 27. The molecule has 0 unspecified atom stereocenters. The van der Waals surface area contributed by atoms with E-state index in [2.05, 4.69) is 144 Å². The van der Waals surface area contributed by atoms with Crippen LogP contribution in [0.15, 0.2) is 116 Å². The van der Waals surface area contributed by atoms with Crippen molar-refractivity contribution in [2.24, 2.45) is 0 Å². The van der Waals surface area contributed by atoms with Crippen molar-refractivity contribution < 1.29 is 0 Å². The minimum atomic E-state index is 1.16. The zero-order valence-corrected chi connectivity index (χ0v) is 35.5. The van der Waals surface area contributed by atoms with Crippen LogP contribution in [-0.4, -0.2) is 0 Å². The van der Waals surface area contributed by atoms with Crippen LogP contribution in [-0.2, 0) is 0 Å². The van der Waals surface area contributed by atoms with Crippen molar-refractivity contribution in [2.75, 3.05) is 0 Å². The molecule has 0 rings (SSSR count). The smallest absolute Gasteiger partial charge is 0.0288 e. The van der Waals surface area contributed by atoms with Gasteiger partial charge in [-0.25, -0.2) is 0 Å². The lowest BCUT2D eigenvalue weighted by atomic mass is 10.0. The average molecular weight is 683 g/mol. The second-order valence-electron chi connectivity index (χ2n) is 15.7. The fourth-order valence-electron chi connectivity index (χ4n) is 5.92. The Morgan fingerprint density at radius 1 is 0.240 bits per heavy atom. The molecular formula is C50H82. The van der Waals surface area contributed by atoms with Crippen LogP contribution in [0, 0.1) is 0 Å². The van der Waals surface area contributed by atoms with E-state index in [9.17, 15) is 0 Å². The van der Waals surface area contributed by atoms with Crippen LogP contribution in [0.4, 0.5) is 0 Å². The summed E-state index contributed by atoms with van der Waals surface area (Å²) in [6, 6.07) is 0. The molecule has 0 heterocycles. The van der Waals surface area contributed by atoms with Crippen LogP contribution in [0.2, 0.25) is 0 Å². The molecule has 0 N–H and O–H groups in total. The van der Waals surface area contributed by atoms with Crippen LogP contribution in [0.5, 0.6) is 0 Å². The predicted molar refractivity (Wildman–Crippen MR) is 232 cm³/mol. The summed E-state index contributed by atoms with van der Waals surface area (Å²) in [5, 5.41) is 0. The number of hydrogen-bond donors (Lipinski definition) is 0. The molecule has 0 saturated carbocycles. The lowest BCUT2D eigenvalue weighted by Crippen LogP contribution is -1.84. The van der Waals surface area contributed by atoms with E-state index >= 15 is 0 Å². The Morgan fingerprint density at radius 3 is 0.560 bits per heavy atom. The first-order valence-electron chi connectivity index (χ1n) is 20.3. The minimum Gasteiger partial charge on any atom is -0.0887 e. The van der Waals surface area contributed by atoms with Gasteiger partial charge in [-0.2, -0.15) is 0 Å². The van der Waals surface area contributed by atoms with E-state index in [1.165, 1.54) is 152 Å². The maximum absolute atomic E-state index is 2.47. The van der Waals surface area contributed by atoms with Gasteiger partial charge >= 0.3 is 0 Å². The molecule has 0 saturated heterocycles. The van der Waals surface area contributed by atoms with Crippen LogP contribution >= 0.6 is 0 Å². The van der Waals surface area contributed by atoms with Gasteiger partial charge in [0.25, 0.3) is 0 Å². The summed E-state index contributed by atoms with van der Waals surface area (Å²) in [6.45, 7) is 27.1. The van der Waals surface area contributed by atoms with E-state index in [0.717, 1.165) is 19.3 Å². The van der Waals surface area contributed by atoms with Gasteiger partial charge in [0.1, 0.15) is 0 Å². The van der Waals surface area contributed by atoms with Gasteiger partial charge in [0.2, 0.25) is 0 Å². The van der Waals surface area contributed by atoms with Gasteiger partial charge in [0, 0.05) is 0 Å². The topological polar surface area (TPSA) is 0 Å². The van der Waals surface area contributed by atoms with E-state index in [0.29, 0.717) is 0 Å². The van der Waals surface area contributed by atoms with Crippen molar-refractivity contribution in [3.05, 3.63) is 116 Å². The van der Waals surface area contributed by atoms with Gasteiger partial charge < -0.3 is 0 Å². The summed E-state index contributed by atoms with van der Waals surface area (Å²) >= 11 is 0. The molecule has 0 heteroatoms. The molecule has 0 spiro atoms. The quantitative estimate of drug-likeness (QED) is 0.0757. The average Bonchev–Trinajstić information content (AvgIpc) is 3.04. The maximum atomic E-state index is 2.47. The van der Waals surface area contributed by atoms with Crippen molar-refractivity contribution in [1.82, 2.24) is 0 Å². The summed E-state index contributed by atoms with van der Waals surface area (Å²) < 4.78 is 0. The molecule has 0 aliphatic heterocycles. The van der Waals surface area contributed by atoms with E-state index in [-0.39, 0.29) is 0 Å². The highest BCUT2D eigenvalue weighted by Crippen LogP contribution is 2.18. The first-order chi connectivity index (χ1) is 23.8. The van der Waals surface area contributed by atoms with Gasteiger partial charge in [-0.15, -0.1) is 0 Å². The summed E-state index contributed by atoms with van der Waals surface area (Å²) in [5.74, 6) is 0. The standard InChI is InChI=1S/C50H82/c1-13-42(4)24-15-26-44(6)28-17-30-46(8)32-19-34-48(10)36-21-38-50(12)40-22-39-49(11)37-20-35-47(9)33-18-31-45(7)29-16-27-43(5)25-14-23-41(2)3/h13,23,26-27,30-31,34-35,38-39H,14-22,24-25,28-29,32-33,36-37,40H2,1-12H3/b42-13+,43-27+,44-26+,45-31+,46-30+,47-35+,48-34+,49-39+,50-38+. The number of hydrogen-bond acceptors (Lipinski definition) is 0. The van der Waals surface area contributed by atoms with Gasteiger partial charge in [-0.1, -0.05) is 116 Å². The molecule has 0 bridgehead atoms. The molecule has 0 aromatic carbocycles. The lowest BCUT2D eigenvalue weighted by molar-refractivity contribution is 0.879. The molecule has 0 nitrogen and oxygen atoms in total.